The summed E-state index contributed by atoms with van der Waals surface area (Å²) in [7, 11) is 0. The molecule has 0 radical (unpaired) electrons. The van der Waals surface area contributed by atoms with Crippen molar-refractivity contribution in [1.82, 2.24) is 5.32 Å². The van der Waals surface area contributed by atoms with Crippen molar-refractivity contribution < 1.29 is 9.59 Å². The smallest absolute Gasteiger partial charge is 0.262 e. The molecule has 2 rings (SSSR count). The standard InChI is InChI=1S/C17H19ClN2O2S/c1-10(2)15(20-16(21)14-5-4-8-23-14)17(22)19-13-9-12(18)7-6-11(13)3/h4-10,15H,1-3H3,(H,19,22)(H,20,21)/t15-/m0/s1. The summed E-state index contributed by atoms with van der Waals surface area (Å²) in [6.45, 7) is 5.67. The minimum atomic E-state index is -0.622. The zero-order valence-corrected chi connectivity index (χ0v) is 14.8. The van der Waals surface area contributed by atoms with E-state index in [1.807, 2.05) is 32.2 Å². The number of hydrogen-bond acceptors (Lipinski definition) is 3. The van der Waals surface area contributed by atoms with Gasteiger partial charge in [0.05, 0.1) is 4.88 Å². The summed E-state index contributed by atoms with van der Waals surface area (Å²) in [5, 5.41) is 8.03. The van der Waals surface area contributed by atoms with Crippen LogP contribution >= 0.6 is 22.9 Å². The predicted molar refractivity (Wildman–Crippen MR) is 95.2 cm³/mol. The molecule has 0 bridgehead atoms. The first kappa shape index (κ1) is 17.5. The summed E-state index contributed by atoms with van der Waals surface area (Å²) in [5.41, 5.74) is 1.56. The Morgan fingerprint density at radius 1 is 1.22 bits per heavy atom. The Hall–Kier alpha value is -1.85. The molecular weight excluding hydrogens is 332 g/mol. The molecule has 1 atom stereocenters. The van der Waals surface area contributed by atoms with Crippen LogP contribution in [-0.2, 0) is 4.79 Å². The van der Waals surface area contributed by atoms with Crippen LogP contribution < -0.4 is 10.6 Å². The van der Waals surface area contributed by atoms with E-state index in [4.69, 9.17) is 11.6 Å². The molecular formula is C17H19ClN2O2S. The molecule has 2 aromatic rings. The number of anilines is 1. The maximum absolute atomic E-state index is 12.6. The Morgan fingerprint density at radius 3 is 2.57 bits per heavy atom. The Balaban J connectivity index is 2.12. The van der Waals surface area contributed by atoms with Crippen LogP contribution in [0, 0.1) is 12.8 Å². The van der Waals surface area contributed by atoms with E-state index in [0.29, 0.717) is 15.6 Å². The van der Waals surface area contributed by atoms with Crippen molar-refractivity contribution in [1.29, 1.82) is 0 Å². The van der Waals surface area contributed by atoms with Crippen LogP contribution in [-0.4, -0.2) is 17.9 Å². The van der Waals surface area contributed by atoms with Gasteiger partial charge in [-0.05, 0) is 42.0 Å². The number of thiophene rings is 1. The molecule has 1 aromatic carbocycles. The van der Waals surface area contributed by atoms with E-state index in [1.165, 1.54) is 11.3 Å². The van der Waals surface area contributed by atoms with Crippen LogP contribution in [0.25, 0.3) is 0 Å². The Kier molecular flexibility index (Phi) is 5.80. The van der Waals surface area contributed by atoms with Crippen molar-refractivity contribution in [3.8, 4) is 0 Å². The van der Waals surface area contributed by atoms with E-state index in [-0.39, 0.29) is 17.7 Å². The SMILES string of the molecule is Cc1ccc(Cl)cc1NC(=O)[C@@H](NC(=O)c1cccs1)C(C)C. The molecule has 0 fully saturated rings. The van der Waals surface area contributed by atoms with Gasteiger partial charge in [0.25, 0.3) is 5.91 Å². The largest absolute Gasteiger partial charge is 0.339 e. The molecule has 1 heterocycles. The molecule has 0 aliphatic heterocycles. The monoisotopic (exact) mass is 350 g/mol. The fourth-order valence-electron chi connectivity index (χ4n) is 2.09. The number of carbonyl (C=O) groups excluding carboxylic acids is 2. The molecule has 2 amide bonds. The minimum Gasteiger partial charge on any atom is -0.339 e. The number of rotatable bonds is 5. The Bertz CT molecular complexity index is 699. The number of hydrogen-bond donors (Lipinski definition) is 2. The van der Waals surface area contributed by atoms with E-state index >= 15 is 0 Å². The van der Waals surface area contributed by atoms with E-state index in [2.05, 4.69) is 10.6 Å². The van der Waals surface area contributed by atoms with Gasteiger partial charge in [-0.25, -0.2) is 0 Å². The summed E-state index contributed by atoms with van der Waals surface area (Å²) < 4.78 is 0. The van der Waals surface area contributed by atoms with Crippen molar-refractivity contribution in [3.63, 3.8) is 0 Å². The minimum absolute atomic E-state index is 0.0431. The molecule has 1 aromatic heterocycles. The first-order valence-corrected chi connectivity index (χ1v) is 8.55. The van der Waals surface area contributed by atoms with Crippen LogP contribution in [0.2, 0.25) is 5.02 Å². The third-order valence-electron chi connectivity index (χ3n) is 3.44. The highest BCUT2D eigenvalue weighted by Crippen LogP contribution is 2.21. The molecule has 0 saturated heterocycles. The van der Waals surface area contributed by atoms with Gasteiger partial charge in [-0.1, -0.05) is 37.6 Å². The van der Waals surface area contributed by atoms with Crippen molar-refractivity contribution >= 4 is 40.4 Å². The van der Waals surface area contributed by atoms with Crippen molar-refractivity contribution in [2.75, 3.05) is 5.32 Å². The Labute approximate surface area is 144 Å². The molecule has 6 heteroatoms. The maximum atomic E-state index is 12.6. The van der Waals surface area contributed by atoms with Gasteiger partial charge in [0.1, 0.15) is 6.04 Å². The number of amides is 2. The highest BCUT2D eigenvalue weighted by Gasteiger charge is 2.25. The average Bonchev–Trinajstić information content (AvgIpc) is 3.02. The van der Waals surface area contributed by atoms with Crippen molar-refractivity contribution in [2.24, 2.45) is 5.92 Å². The lowest BCUT2D eigenvalue weighted by Gasteiger charge is -2.22. The highest BCUT2D eigenvalue weighted by atomic mass is 35.5. The van der Waals surface area contributed by atoms with Crippen molar-refractivity contribution in [3.05, 3.63) is 51.2 Å². The second-order valence-electron chi connectivity index (χ2n) is 5.62. The summed E-state index contributed by atoms with van der Waals surface area (Å²) in [6, 6.07) is 8.23. The summed E-state index contributed by atoms with van der Waals surface area (Å²) in [4.78, 5) is 25.3. The second-order valence-corrected chi connectivity index (χ2v) is 7.01. The number of benzene rings is 1. The van der Waals surface area contributed by atoms with Gasteiger partial charge in [0, 0.05) is 10.7 Å². The van der Waals surface area contributed by atoms with Crippen LogP contribution in [0.5, 0.6) is 0 Å². The molecule has 0 aliphatic rings. The quantitative estimate of drug-likeness (QED) is 0.852. The van der Waals surface area contributed by atoms with Gasteiger partial charge < -0.3 is 10.6 Å². The van der Waals surface area contributed by atoms with Crippen LogP contribution in [0.3, 0.4) is 0 Å². The van der Waals surface area contributed by atoms with Gasteiger partial charge in [-0.3, -0.25) is 9.59 Å². The third kappa shape index (κ3) is 4.56. The van der Waals surface area contributed by atoms with Gasteiger partial charge in [-0.2, -0.15) is 0 Å². The number of aryl methyl sites for hydroxylation is 1. The summed E-state index contributed by atoms with van der Waals surface area (Å²) >= 11 is 7.32. The average molecular weight is 351 g/mol. The topological polar surface area (TPSA) is 58.2 Å². The van der Waals surface area contributed by atoms with Gasteiger partial charge in [0.15, 0.2) is 0 Å². The van der Waals surface area contributed by atoms with Crippen molar-refractivity contribution in [2.45, 2.75) is 26.8 Å². The number of halogens is 1. The van der Waals surface area contributed by atoms with Gasteiger partial charge in [-0.15, -0.1) is 11.3 Å². The van der Waals surface area contributed by atoms with E-state index < -0.39 is 6.04 Å². The predicted octanol–water partition coefficient (Wildman–Crippen LogP) is 4.10. The third-order valence-corrected chi connectivity index (χ3v) is 4.54. The molecule has 122 valence electrons. The molecule has 0 aliphatic carbocycles. The van der Waals surface area contributed by atoms with E-state index in [0.717, 1.165) is 5.56 Å². The number of nitrogens with one attached hydrogen (secondary N) is 2. The zero-order valence-electron chi connectivity index (χ0n) is 13.2. The second kappa shape index (κ2) is 7.62. The number of carbonyl (C=O) groups is 2. The van der Waals surface area contributed by atoms with Gasteiger partial charge in [0.2, 0.25) is 5.91 Å². The van der Waals surface area contributed by atoms with Crippen LogP contribution in [0.1, 0.15) is 29.1 Å². The fraction of sp³-hybridized carbons (Fsp3) is 0.294. The fourth-order valence-corrected chi connectivity index (χ4v) is 2.89. The highest BCUT2D eigenvalue weighted by molar-refractivity contribution is 7.12. The lowest BCUT2D eigenvalue weighted by atomic mass is 10.0. The normalized spacial score (nSPS) is 12.0. The Morgan fingerprint density at radius 2 is 1.96 bits per heavy atom. The maximum Gasteiger partial charge on any atom is 0.262 e. The first-order chi connectivity index (χ1) is 10.9. The molecule has 23 heavy (non-hydrogen) atoms. The summed E-state index contributed by atoms with van der Waals surface area (Å²) in [5.74, 6) is -0.537. The van der Waals surface area contributed by atoms with Gasteiger partial charge >= 0.3 is 0 Å². The van der Waals surface area contributed by atoms with E-state index in [1.54, 1.807) is 24.3 Å². The molecule has 4 nitrogen and oxygen atoms in total. The summed E-state index contributed by atoms with van der Waals surface area (Å²) in [6.07, 6.45) is 0. The zero-order chi connectivity index (χ0) is 17.0. The lowest BCUT2D eigenvalue weighted by Crippen LogP contribution is -2.47. The van der Waals surface area contributed by atoms with Crippen LogP contribution in [0.4, 0.5) is 5.69 Å². The molecule has 0 saturated carbocycles. The lowest BCUT2D eigenvalue weighted by molar-refractivity contribution is -0.118. The molecule has 2 N–H and O–H groups in total. The molecule has 0 spiro atoms. The molecule has 0 unspecified atom stereocenters. The van der Waals surface area contributed by atoms with Crippen LogP contribution in [0.15, 0.2) is 35.7 Å². The first-order valence-electron chi connectivity index (χ1n) is 7.30. The van der Waals surface area contributed by atoms with E-state index in [9.17, 15) is 9.59 Å².